The molecule has 1 amide bonds. The number of primary amides is 1. The van der Waals surface area contributed by atoms with E-state index >= 15 is 0 Å². The van der Waals surface area contributed by atoms with Crippen molar-refractivity contribution in [3.05, 3.63) is 30.6 Å². The van der Waals surface area contributed by atoms with Gasteiger partial charge in [-0.1, -0.05) is 0 Å². The predicted molar refractivity (Wildman–Crippen MR) is 34.7 cm³/mol. The van der Waals surface area contributed by atoms with E-state index < -0.39 is 0 Å². The second kappa shape index (κ2) is 2.96. The van der Waals surface area contributed by atoms with Gasteiger partial charge in [-0.05, 0) is 6.07 Å². The summed E-state index contributed by atoms with van der Waals surface area (Å²) < 4.78 is 1.60. The van der Waals surface area contributed by atoms with Crippen LogP contribution >= 0.6 is 0 Å². The zero-order valence-corrected chi connectivity index (χ0v) is 5.45. The predicted octanol–water partition coefficient (Wildman–Crippen LogP) is -0.740. The normalized spacial score (nSPS) is 9.20. The summed E-state index contributed by atoms with van der Waals surface area (Å²) in [5.74, 6) is -0.354. The minimum Gasteiger partial charge on any atom is -0.364 e. The van der Waals surface area contributed by atoms with Crippen LogP contribution in [0.25, 0.3) is 0 Å². The highest BCUT2D eigenvalue weighted by Crippen LogP contribution is 1.74. The third-order valence-electron chi connectivity index (χ3n) is 1.04. The van der Waals surface area contributed by atoms with E-state index in [9.17, 15) is 4.79 Å². The van der Waals surface area contributed by atoms with Crippen molar-refractivity contribution < 1.29 is 9.36 Å². The molecule has 1 rings (SSSR count). The molecule has 1 aromatic rings. The average molecular weight is 136 g/mol. The smallest absolute Gasteiger partial charge is 0.283 e. The van der Waals surface area contributed by atoms with E-state index in [-0.39, 0.29) is 12.5 Å². The Morgan fingerprint density at radius 3 is 2.90 bits per heavy atom. The van der Waals surface area contributed by atoms with Gasteiger partial charge >= 0.3 is 0 Å². The van der Waals surface area contributed by atoms with Crippen LogP contribution < -0.4 is 10.3 Å². The van der Waals surface area contributed by atoms with Gasteiger partial charge in [0.25, 0.3) is 12.1 Å². The van der Waals surface area contributed by atoms with Gasteiger partial charge in [0.05, 0.1) is 0 Å². The first-order chi connectivity index (χ1) is 4.79. The summed E-state index contributed by atoms with van der Waals surface area (Å²) in [6.07, 6.45) is 4.56. The molecule has 3 nitrogen and oxygen atoms in total. The molecule has 0 unspecified atom stereocenters. The van der Waals surface area contributed by atoms with E-state index in [4.69, 9.17) is 5.73 Å². The van der Waals surface area contributed by atoms with Crippen LogP contribution in [0.4, 0.5) is 0 Å². The lowest BCUT2D eigenvalue weighted by Gasteiger charge is -1.87. The fraction of sp³-hybridized carbons (Fsp3) is 0.143. The molecule has 3 heteroatoms. The molecule has 0 aliphatic carbocycles. The Morgan fingerprint density at radius 2 is 2.40 bits per heavy atom. The minimum absolute atomic E-state index is 0.195. The maximum atomic E-state index is 10.4. The second-order valence-electron chi connectivity index (χ2n) is 1.92. The Hall–Kier alpha value is -1.38. The highest BCUT2D eigenvalue weighted by atomic mass is 16.1. The first kappa shape index (κ1) is 6.74. The third-order valence-corrected chi connectivity index (χ3v) is 1.04. The molecule has 0 aromatic carbocycles. The van der Waals surface area contributed by atoms with Gasteiger partial charge in [-0.3, -0.25) is 4.79 Å². The van der Waals surface area contributed by atoms with Crippen molar-refractivity contribution in [2.45, 2.75) is 6.54 Å². The summed E-state index contributed by atoms with van der Waals surface area (Å²) in [7, 11) is 0. The largest absolute Gasteiger partial charge is 0.364 e. The van der Waals surface area contributed by atoms with Crippen LogP contribution in [-0.2, 0) is 11.3 Å². The summed E-state index contributed by atoms with van der Waals surface area (Å²) in [6, 6.07) is 5.37. The van der Waals surface area contributed by atoms with E-state index in [2.05, 4.69) is 6.20 Å². The van der Waals surface area contributed by atoms with Crippen molar-refractivity contribution in [3.63, 3.8) is 0 Å². The van der Waals surface area contributed by atoms with Crippen LogP contribution in [-0.4, -0.2) is 5.91 Å². The van der Waals surface area contributed by atoms with Gasteiger partial charge < -0.3 is 5.73 Å². The van der Waals surface area contributed by atoms with Crippen molar-refractivity contribution in [2.75, 3.05) is 0 Å². The lowest BCUT2D eigenvalue weighted by Crippen LogP contribution is -2.40. The Balaban J connectivity index is 2.67. The summed E-state index contributed by atoms with van der Waals surface area (Å²) in [5.41, 5.74) is 4.94. The molecule has 0 bridgehead atoms. The Morgan fingerprint density at radius 1 is 1.60 bits per heavy atom. The fourth-order valence-corrected chi connectivity index (χ4v) is 0.657. The van der Waals surface area contributed by atoms with Crippen LogP contribution in [0.2, 0.25) is 0 Å². The van der Waals surface area contributed by atoms with Gasteiger partial charge in [0.1, 0.15) is 0 Å². The molecular weight excluding hydrogens is 128 g/mol. The molecule has 1 aromatic heterocycles. The van der Waals surface area contributed by atoms with Gasteiger partial charge in [0, 0.05) is 12.1 Å². The maximum absolute atomic E-state index is 10.4. The minimum atomic E-state index is -0.354. The first-order valence-corrected chi connectivity index (χ1v) is 2.93. The van der Waals surface area contributed by atoms with Crippen molar-refractivity contribution in [1.82, 2.24) is 0 Å². The number of hydrogen-bond acceptors (Lipinski definition) is 1. The number of nitrogens with zero attached hydrogens (tertiary/aromatic N) is 1. The lowest BCUT2D eigenvalue weighted by molar-refractivity contribution is -0.688. The molecule has 0 atom stereocenters. The summed E-state index contributed by atoms with van der Waals surface area (Å²) in [4.78, 5) is 10.4. The van der Waals surface area contributed by atoms with Crippen molar-refractivity contribution in [2.24, 2.45) is 5.73 Å². The zero-order chi connectivity index (χ0) is 7.40. The van der Waals surface area contributed by atoms with Crippen molar-refractivity contribution in [3.8, 4) is 0 Å². The van der Waals surface area contributed by atoms with Crippen LogP contribution in [0.3, 0.4) is 0 Å². The van der Waals surface area contributed by atoms with E-state index in [1.807, 2.05) is 12.1 Å². The Kier molecular flexibility index (Phi) is 1.99. The number of pyridine rings is 1. The standard InChI is InChI=1S/C7H8N2O/c8-7(10)6-9-4-2-1-3-5-9/h1-4H,6H2,(H2,8,10)/q+1. The van der Waals surface area contributed by atoms with E-state index in [1.165, 1.54) is 0 Å². The third kappa shape index (κ3) is 1.85. The molecule has 0 spiro atoms. The number of hydrogen-bond donors (Lipinski definition) is 1. The molecule has 0 saturated heterocycles. The number of carbonyl (C=O) groups excluding carboxylic acids is 1. The van der Waals surface area contributed by atoms with Crippen LogP contribution in [0.15, 0.2) is 24.4 Å². The number of amides is 1. The maximum Gasteiger partial charge on any atom is 0.283 e. The molecular formula is C7H8N2O+. The molecule has 1 heterocycles. The topological polar surface area (TPSA) is 47.0 Å². The zero-order valence-electron chi connectivity index (χ0n) is 5.45. The Bertz CT molecular complexity index is 220. The van der Waals surface area contributed by atoms with E-state index in [0.717, 1.165) is 0 Å². The average Bonchev–Trinajstić information content (AvgIpc) is 1.88. The molecule has 10 heavy (non-hydrogen) atoms. The van der Waals surface area contributed by atoms with Gasteiger partial charge in [-0.15, -0.1) is 0 Å². The molecule has 51 valence electrons. The molecule has 0 aliphatic rings. The number of rotatable bonds is 2. The summed E-state index contributed by atoms with van der Waals surface area (Å²) in [6.45, 7) is 0.195. The van der Waals surface area contributed by atoms with Crippen LogP contribution in [0, 0.1) is 6.20 Å². The summed E-state index contributed by atoms with van der Waals surface area (Å²) >= 11 is 0. The SMILES string of the molecule is NC(=O)C[n+]1[c]cccc1. The fourth-order valence-electron chi connectivity index (χ4n) is 0.657. The molecule has 0 aliphatic heterocycles. The van der Waals surface area contributed by atoms with Gasteiger partial charge in [-0.2, -0.15) is 4.57 Å². The van der Waals surface area contributed by atoms with E-state index in [0.29, 0.717) is 0 Å². The Labute approximate surface area is 59.1 Å². The quantitative estimate of drug-likeness (QED) is 0.535. The van der Waals surface area contributed by atoms with Crippen LogP contribution in [0.1, 0.15) is 0 Å². The highest BCUT2D eigenvalue weighted by Gasteiger charge is 2.01. The number of aromatic nitrogens is 1. The molecule has 0 saturated carbocycles. The second-order valence-corrected chi connectivity index (χ2v) is 1.92. The summed E-state index contributed by atoms with van der Waals surface area (Å²) in [5, 5.41) is 0. The molecule has 0 fully saturated rings. The number of nitrogens with two attached hydrogens (primary N) is 1. The monoisotopic (exact) mass is 136 g/mol. The van der Waals surface area contributed by atoms with Crippen molar-refractivity contribution in [1.29, 1.82) is 0 Å². The van der Waals surface area contributed by atoms with Gasteiger partial charge in [0.2, 0.25) is 6.54 Å². The van der Waals surface area contributed by atoms with Gasteiger partial charge in [-0.25, -0.2) is 0 Å². The van der Waals surface area contributed by atoms with Crippen LogP contribution in [0.5, 0.6) is 0 Å². The highest BCUT2D eigenvalue weighted by molar-refractivity contribution is 5.72. The molecule has 1 radical (unpaired) electrons. The van der Waals surface area contributed by atoms with E-state index in [1.54, 1.807) is 16.8 Å². The number of carbonyl (C=O) groups is 1. The molecule has 2 N–H and O–H groups in total. The van der Waals surface area contributed by atoms with Gasteiger partial charge in [0.15, 0.2) is 6.20 Å². The lowest BCUT2D eigenvalue weighted by atomic mass is 10.5. The van der Waals surface area contributed by atoms with Crippen molar-refractivity contribution >= 4 is 5.91 Å². The first-order valence-electron chi connectivity index (χ1n) is 2.93.